The van der Waals surface area contributed by atoms with Crippen LogP contribution in [-0.4, -0.2) is 20.3 Å². The van der Waals surface area contributed by atoms with Gasteiger partial charge in [-0.1, -0.05) is 31.9 Å². The largest absolute Gasteiger partial charge is 0.344 e. The van der Waals surface area contributed by atoms with Crippen LogP contribution >= 0.6 is 0 Å². The van der Waals surface area contributed by atoms with Crippen molar-refractivity contribution >= 4 is 11.6 Å². The second-order valence-corrected chi connectivity index (χ2v) is 6.05. The van der Waals surface area contributed by atoms with E-state index in [9.17, 15) is 4.79 Å². The van der Waals surface area contributed by atoms with Gasteiger partial charge in [0.2, 0.25) is 0 Å². The lowest BCUT2D eigenvalue weighted by atomic mass is 10.0. The van der Waals surface area contributed by atoms with Crippen LogP contribution in [0.4, 0.5) is 0 Å². The Morgan fingerprint density at radius 1 is 1.29 bits per heavy atom. The minimum absolute atomic E-state index is 0.0438. The van der Waals surface area contributed by atoms with Crippen LogP contribution in [0.15, 0.2) is 49.1 Å². The van der Waals surface area contributed by atoms with Gasteiger partial charge in [0.05, 0.1) is 6.04 Å². The van der Waals surface area contributed by atoms with Crippen molar-refractivity contribution in [2.45, 2.75) is 39.2 Å². The van der Waals surface area contributed by atoms with E-state index in [1.54, 1.807) is 12.4 Å². The van der Waals surface area contributed by atoms with Crippen molar-refractivity contribution in [2.75, 3.05) is 0 Å². The number of unbranched alkanes of at least 4 members (excludes halogenated alkanes) is 1. The number of rotatable bonds is 6. The number of nitrogens with zero attached hydrogens (tertiary/aromatic N) is 3. The maximum Gasteiger partial charge on any atom is 0.271 e. The van der Waals surface area contributed by atoms with E-state index in [1.807, 2.05) is 48.0 Å². The van der Waals surface area contributed by atoms with E-state index < -0.39 is 0 Å². The molecule has 1 amide bonds. The molecule has 24 heavy (non-hydrogen) atoms. The summed E-state index contributed by atoms with van der Waals surface area (Å²) in [4.78, 5) is 21.2. The average Bonchev–Trinajstić information content (AvgIpc) is 3.02. The third-order valence-corrected chi connectivity index (χ3v) is 4.07. The Balaban J connectivity index is 1.81. The predicted molar refractivity (Wildman–Crippen MR) is 93.9 cm³/mol. The van der Waals surface area contributed by atoms with Crippen LogP contribution in [0.2, 0.25) is 0 Å². The van der Waals surface area contributed by atoms with Gasteiger partial charge in [0, 0.05) is 24.8 Å². The number of imidazole rings is 1. The molecule has 0 saturated carbocycles. The van der Waals surface area contributed by atoms with Crippen LogP contribution in [0.5, 0.6) is 0 Å². The Morgan fingerprint density at radius 3 is 2.92 bits per heavy atom. The summed E-state index contributed by atoms with van der Waals surface area (Å²) in [6, 6.07) is 7.76. The van der Waals surface area contributed by atoms with Crippen LogP contribution in [0.3, 0.4) is 0 Å². The Morgan fingerprint density at radius 2 is 2.17 bits per heavy atom. The van der Waals surface area contributed by atoms with Crippen molar-refractivity contribution in [3.63, 3.8) is 0 Å². The first-order valence-corrected chi connectivity index (χ1v) is 8.33. The molecular formula is C19H22N4O. The first-order valence-electron chi connectivity index (χ1n) is 8.33. The molecule has 5 heteroatoms. The molecule has 0 saturated heterocycles. The smallest absolute Gasteiger partial charge is 0.271 e. The molecule has 0 radical (unpaired) electrons. The lowest BCUT2D eigenvalue weighted by Gasteiger charge is -2.18. The summed E-state index contributed by atoms with van der Waals surface area (Å²) in [5, 5.41) is 3.11. The molecule has 0 unspecified atom stereocenters. The number of nitrogens with one attached hydrogen (secondary N) is 1. The average molecular weight is 322 g/mol. The second kappa shape index (κ2) is 7.25. The zero-order chi connectivity index (χ0) is 16.9. The molecule has 0 aliphatic heterocycles. The molecule has 0 aromatic carbocycles. The van der Waals surface area contributed by atoms with Crippen LogP contribution in [0, 0.1) is 6.92 Å². The van der Waals surface area contributed by atoms with E-state index >= 15 is 0 Å². The van der Waals surface area contributed by atoms with E-state index in [0.717, 1.165) is 36.0 Å². The number of aryl methyl sites for hydroxylation is 1. The summed E-state index contributed by atoms with van der Waals surface area (Å²) >= 11 is 0. The molecule has 3 aromatic heterocycles. The van der Waals surface area contributed by atoms with Crippen LogP contribution in [0.1, 0.15) is 53.8 Å². The number of carbonyl (C=O) groups excluding carboxylic acids is 1. The highest BCUT2D eigenvalue weighted by atomic mass is 16.2. The van der Waals surface area contributed by atoms with Crippen molar-refractivity contribution in [1.29, 1.82) is 0 Å². The fraction of sp³-hybridized carbons (Fsp3) is 0.316. The Hall–Kier alpha value is -2.69. The molecule has 0 fully saturated rings. The van der Waals surface area contributed by atoms with Crippen molar-refractivity contribution < 1.29 is 4.79 Å². The van der Waals surface area contributed by atoms with Crippen molar-refractivity contribution in [3.05, 3.63) is 65.9 Å². The number of aromatic nitrogens is 3. The van der Waals surface area contributed by atoms with Gasteiger partial charge in [0.15, 0.2) is 0 Å². The summed E-state index contributed by atoms with van der Waals surface area (Å²) in [6.45, 7) is 4.16. The molecule has 1 atom stereocenters. The fourth-order valence-electron chi connectivity index (χ4n) is 2.76. The number of fused-ring (bicyclic) bond motifs is 1. The van der Waals surface area contributed by atoms with E-state index in [0.29, 0.717) is 5.69 Å². The normalized spacial score (nSPS) is 12.2. The van der Waals surface area contributed by atoms with Crippen LogP contribution in [-0.2, 0) is 0 Å². The fourth-order valence-corrected chi connectivity index (χ4v) is 2.76. The van der Waals surface area contributed by atoms with Crippen molar-refractivity contribution in [2.24, 2.45) is 0 Å². The quantitative estimate of drug-likeness (QED) is 0.753. The minimum atomic E-state index is -0.152. The number of hydrogen-bond acceptors (Lipinski definition) is 3. The van der Waals surface area contributed by atoms with Crippen molar-refractivity contribution in [3.8, 4) is 0 Å². The first-order chi connectivity index (χ1) is 11.7. The first kappa shape index (κ1) is 16.2. The van der Waals surface area contributed by atoms with Gasteiger partial charge < -0.3 is 9.72 Å². The van der Waals surface area contributed by atoms with Crippen LogP contribution in [0.25, 0.3) is 5.65 Å². The van der Waals surface area contributed by atoms with Gasteiger partial charge in [-0.3, -0.25) is 9.78 Å². The van der Waals surface area contributed by atoms with E-state index in [-0.39, 0.29) is 11.9 Å². The monoisotopic (exact) mass is 322 g/mol. The highest BCUT2D eigenvalue weighted by Gasteiger charge is 2.17. The van der Waals surface area contributed by atoms with Crippen molar-refractivity contribution in [1.82, 2.24) is 19.7 Å². The lowest BCUT2D eigenvalue weighted by Crippen LogP contribution is -2.29. The van der Waals surface area contributed by atoms with E-state index in [2.05, 4.69) is 22.2 Å². The maximum absolute atomic E-state index is 12.6. The molecule has 3 rings (SSSR count). The molecule has 5 nitrogen and oxygen atoms in total. The predicted octanol–water partition coefficient (Wildman–Crippen LogP) is 3.70. The van der Waals surface area contributed by atoms with Crippen LogP contribution < -0.4 is 5.32 Å². The Bertz CT molecular complexity index is 826. The topological polar surface area (TPSA) is 59.3 Å². The number of hydrogen-bond donors (Lipinski definition) is 1. The number of carbonyl (C=O) groups is 1. The number of pyridine rings is 2. The third kappa shape index (κ3) is 3.62. The maximum atomic E-state index is 12.6. The van der Waals surface area contributed by atoms with Gasteiger partial charge in [0.25, 0.3) is 5.91 Å². The summed E-state index contributed by atoms with van der Waals surface area (Å²) in [7, 11) is 0. The third-order valence-electron chi connectivity index (χ3n) is 4.07. The molecule has 0 aliphatic rings. The minimum Gasteiger partial charge on any atom is -0.344 e. The molecular weight excluding hydrogens is 300 g/mol. The summed E-state index contributed by atoms with van der Waals surface area (Å²) in [6.07, 6.45) is 10.3. The SMILES string of the molecule is CCCC[C@H](NC(=O)c1cn2cc(C)ccc2n1)c1cccnc1. The van der Waals surface area contributed by atoms with E-state index in [4.69, 9.17) is 0 Å². The molecule has 0 aliphatic carbocycles. The molecule has 0 spiro atoms. The van der Waals surface area contributed by atoms with Gasteiger partial charge >= 0.3 is 0 Å². The van der Waals surface area contributed by atoms with Gasteiger partial charge in [-0.15, -0.1) is 0 Å². The summed E-state index contributed by atoms with van der Waals surface area (Å²) in [5.41, 5.74) is 3.37. The highest BCUT2D eigenvalue weighted by molar-refractivity contribution is 5.93. The molecule has 3 aromatic rings. The van der Waals surface area contributed by atoms with Gasteiger partial charge in [-0.2, -0.15) is 0 Å². The second-order valence-electron chi connectivity index (χ2n) is 6.05. The molecule has 0 bridgehead atoms. The molecule has 3 heterocycles. The molecule has 124 valence electrons. The highest BCUT2D eigenvalue weighted by Crippen LogP contribution is 2.19. The lowest BCUT2D eigenvalue weighted by molar-refractivity contribution is 0.0929. The zero-order valence-corrected chi connectivity index (χ0v) is 14.1. The Kier molecular flexibility index (Phi) is 4.89. The standard InChI is InChI=1S/C19H22N4O/c1-3-4-7-16(15-6-5-10-20-11-15)22-19(24)17-13-23-12-14(2)8-9-18(23)21-17/h5-6,8-13,16H,3-4,7H2,1-2H3,(H,22,24)/t16-/m0/s1. The van der Waals surface area contributed by atoms with Gasteiger partial charge in [-0.05, 0) is 36.6 Å². The summed E-state index contributed by atoms with van der Waals surface area (Å²) < 4.78 is 1.88. The van der Waals surface area contributed by atoms with Gasteiger partial charge in [0.1, 0.15) is 11.3 Å². The molecule has 1 N–H and O–H groups in total. The summed E-state index contributed by atoms with van der Waals surface area (Å²) in [5.74, 6) is -0.152. The Labute approximate surface area is 141 Å². The van der Waals surface area contributed by atoms with E-state index in [1.165, 1.54) is 0 Å². The zero-order valence-electron chi connectivity index (χ0n) is 14.1. The number of amides is 1. The van der Waals surface area contributed by atoms with Gasteiger partial charge in [-0.25, -0.2) is 4.98 Å².